The second-order valence-electron chi connectivity index (χ2n) is 4.74. The molecule has 0 N–H and O–H groups in total. The van der Waals surface area contributed by atoms with E-state index in [0.29, 0.717) is 6.42 Å². The first-order chi connectivity index (χ1) is 6.61. The highest BCUT2D eigenvalue weighted by Gasteiger charge is 2.38. The normalized spacial score (nSPS) is 13.3. The second-order valence-corrected chi connectivity index (χ2v) is 4.74. The Hall–Kier alpha value is -1.07. The van der Waals surface area contributed by atoms with Crippen LogP contribution in [0.15, 0.2) is 0 Å². The van der Waals surface area contributed by atoms with Gasteiger partial charge in [0.2, 0.25) is 0 Å². The van der Waals surface area contributed by atoms with Crippen LogP contribution in [0.1, 0.15) is 32.2 Å². The molecule has 0 aliphatic carbocycles. The Bertz CT molecular complexity index is 346. The quantitative estimate of drug-likeness (QED) is 0.729. The molecule has 0 saturated carbocycles. The smallest absolute Gasteiger partial charge is 0.252 e. The molecule has 1 heterocycles. The second kappa shape index (κ2) is 3.50. The Kier molecular flexibility index (Phi) is 2.80. The highest BCUT2D eigenvalue weighted by atomic mass is 19.4. The first-order valence-corrected chi connectivity index (χ1v) is 4.57. The van der Waals surface area contributed by atoms with Gasteiger partial charge in [-0.25, -0.2) is 0 Å². The molecular weight excluding hydrogens is 207 g/mol. The Morgan fingerprint density at radius 1 is 1.20 bits per heavy atom. The van der Waals surface area contributed by atoms with E-state index in [-0.39, 0.29) is 11.1 Å². The summed E-state index contributed by atoms with van der Waals surface area (Å²) in [7, 11) is 1.48. The summed E-state index contributed by atoms with van der Waals surface area (Å²) in [5, 5.41) is 6.57. The number of hydrogen-bond acceptors (Lipinski definition) is 2. The van der Waals surface area contributed by atoms with Crippen molar-refractivity contribution in [2.75, 3.05) is 0 Å². The van der Waals surface area contributed by atoms with E-state index in [9.17, 15) is 13.2 Å². The van der Waals surface area contributed by atoms with E-state index in [0.717, 1.165) is 0 Å². The maximum atomic E-state index is 12.5. The average molecular weight is 221 g/mol. The third-order valence-electron chi connectivity index (χ3n) is 1.91. The number of aryl methyl sites for hydroxylation is 1. The molecule has 15 heavy (non-hydrogen) atoms. The van der Waals surface area contributed by atoms with Gasteiger partial charge in [-0.3, -0.25) is 4.68 Å². The number of halogens is 3. The lowest BCUT2D eigenvalue weighted by Gasteiger charge is -2.18. The topological polar surface area (TPSA) is 30.7 Å². The summed E-state index contributed by atoms with van der Waals surface area (Å²) in [5.41, 5.74) is -0.968. The van der Waals surface area contributed by atoms with Crippen LogP contribution in [0.25, 0.3) is 0 Å². The Morgan fingerprint density at radius 3 is 2.13 bits per heavy atom. The van der Waals surface area contributed by atoms with Gasteiger partial charge in [-0.1, -0.05) is 26.0 Å². The van der Waals surface area contributed by atoms with Crippen LogP contribution < -0.4 is 0 Å². The first-order valence-electron chi connectivity index (χ1n) is 4.57. The van der Waals surface area contributed by atoms with Crippen molar-refractivity contribution < 1.29 is 13.2 Å². The Balaban J connectivity index is 3.11. The fourth-order valence-corrected chi connectivity index (χ4v) is 1.30. The maximum Gasteiger partial charge on any atom is 0.437 e. The number of alkyl halides is 3. The average Bonchev–Trinajstić information content (AvgIpc) is 2.28. The summed E-state index contributed by atoms with van der Waals surface area (Å²) in [6.07, 6.45) is -4.12. The van der Waals surface area contributed by atoms with Gasteiger partial charge in [0.25, 0.3) is 0 Å². The molecule has 0 aliphatic rings. The lowest BCUT2D eigenvalue weighted by molar-refractivity contribution is -0.142. The Labute approximate surface area is 86.3 Å². The molecule has 1 aromatic heterocycles. The van der Waals surface area contributed by atoms with Crippen molar-refractivity contribution in [1.82, 2.24) is 15.0 Å². The molecule has 0 atom stereocenters. The van der Waals surface area contributed by atoms with E-state index in [1.165, 1.54) is 11.7 Å². The van der Waals surface area contributed by atoms with Crippen molar-refractivity contribution in [3.63, 3.8) is 0 Å². The molecule has 86 valence electrons. The standard InChI is InChI=1S/C9H14F3N3/c1-8(2,3)5-6-7(9(10,11)12)13-14-15(6)4/h5H2,1-4H3. The van der Waals surface area contributed by atoms with Gasteiger partial charge in [0.1, 0.15) is 0 Å². The predicted octanol–water partition coefficient (Wildman–Crippen LogP) is 2.42. The first kappa shape index (κ1) is 12.0. The van der Waals surface area contributed by atoms with Gasteiger partial charge in [0.05, 0.1) is 5.69 Å². The van der Waals surface area contributed by atoms with E-state index < -0.39 is 11.9 Å². The summed E-state index contributed by atoms with van der Waals surface area (Å²) in [6, 6.07) is 0. The number of aromatic nitrogens is 3. The van der Waals surface area contributed by atoms with Crippen molar-refractivity contribution in [3.8, 4) is 0 Å². The molecule has 3 nitrogen and oxygen atoms in total. The lowest BCUT2D eigenvalue weighted by Crippen LogP contribution is -2.17. The minimum Gasteiger partial charge on any atom is -0.252 e. The zero-order valence-corrected chi connectivity index (χ0v) is 9.18. The molecule has 0 aromatic carbocycles. The largest absolute Gasteiger partial charge is 0.437 e. The highest BCUT2D eigenvalue weighted by molar-refractivity contribution is 5.15. The van der Waals surface area contributed by atoms with E-state index >= 15 is 0 Å². The van der Waals surface area contributed by atoms with Crippen molar-refractivity contribution in [2.24, 2.45) is 12.5 Å². The van der Waals surface area contributed by atoms with Crippen LogP contribution in [-0.2, 0) is 19.6 Å². The van der Waals surface area contributed by atoms with Crippen LogP contribution in [0.3, 0.4) is 0 Å². The summed E-state index contributed by atoms with van der Waals surface area (Å²) >= 11 is 0. The molecule has 1 aromatic rings. The predicted molar refractivity (Wildman–Crippen MR) is 49.2 cm³/mol. The maximum absolute atomic E-state index is 12.5. The molecule has 6 heteroatoms. The molecule has 0 saturated heterocycles. The molecule has 0 spiro atoms. The fraction of sp³-hybridized carbons (Fsp3) is 0.778. The number of rotatable bonds is 1. The van der Waals surface area contributed by atoms with Gasteiger partial charge in [0.15, 0.2) is 5.69 Å². The molecule has 0 bridgehead atoms. The van der Waals surface area contributed by atoms with E-state index in [2.05, 4.69) is 10.3 Å². The van der Waals surface area contributed by atoms with Crippen LogP contribution in [0.5, 0.6) is 0 Å². The van der Waals surface area contributed by atoms with Crippen LogP contribution in [0.2, 0.25) is 0 Å². The molecular formula is C9H14F3N3. The fourth-order valence-electron chi connectivity index (χ4n) is 1.30. The summed E-state index contributed by atoms with van der Waals surface area (Å²) in [5.74, 6) is 0. The van der Waals surface area contributed by atoms with Crippen LogP contribution in [0, 0.1) is 5.41 Å². The van der Waals surface area contributed by atoms with Gasteiger partial charge >= 0.3 is 6.18 Å². The molecule has 0 aliphatic heterocycles. The van der Waals surface area contributed by atoms with Crippen LogP contribution in [0.4, 0.5) is 13.2 Å². The van der Waals surface area contributed by atoms with Crippen molar-refractivity contribution in [2.45, 2.75) is 33.4 Å². The van der Waals surface area contributed by atoms with Crippen molar-refractivity contribution in [1.29, 1.82) is 0 Å². The van der Waals surface area contributed by atoms with Gasteiger partial charge in [-0.15, -0.1) is 5.10 Å². The summed E-state index contributed by atoms with van der Waals surface area (Å²) in [4.78, 5) is 0. The van der Waals surface area contributed by atoms with Crippen LogP contribution >= 0.6 is 0 Å². The van der Waals surface area contributed by atoms with Gasteiger partial charge in [0, 0.05) is 7.05 Å². The van der Waals surface area contributed by atoms with Crippen LogP contribution in [-0.4, -0.2) is 15.0 Å². The van der Waals surface area contributed by atoms with Gasteiger partial charge in [-0.05, 0) is 11.8 Å². The van der Waals surface area contributed by atoms with Crippen molar-refractivity contribution in [3.05, 3.63) is 11.4 Å². The molecule has 0 amide bonds. The van der Waals surface area contributed by atoms with E-state index in [1.54, 1.807) is 0 Å². The minimum atomic E-state index is -4.42. The van der Waals surface area contributed by atoms with Crippen molar-refractivity contribution >= 4 is 0 Å². The zero-order valence-electron chi connectivity index (χ0n) is 9.18. The number of nitrogens with zero attached hydrogens (tertiary/aromatic N) is 3. The monoisotopic (exact) mass is 221 g/mol. The van der Waals surface area contributed by atoms with Gasteiger partial charge < -0.3 is 0 Å². The molecule has 1 rings (SSSR count). The van der Waals surface area contributed by atoms with E-state index in [4.69, 9.17) is 0 Å². The number of hydrogen-bond donors (Lipinski definition) is 0. The SMILES string of the molecule is Cn1nnc(C(F)(F)F)c1CC(C)(C)C. The minimum absolute atomic E-state index is 0.134. The molecule has 0 radical (unpaired) electrons. The molecule has 0 unspecified atom stereocenters. The summed E-state index contributed by atoms with van der Waals surface area (Å²) in [6.45, 7) is 5.63. The molecule has 0 fully saturated rings. The summed E-state index contributed by atoms with van der Waals surface area (Å²) < 4.78 is 38.8. The highest BCUT2D eigenvalue weighted by Crippen LogP contribution is 2.32. The zero-order chi connectivity index (χ0) is 11.9. The van der Waals surface area contributed by atoms with Gasteiger partial charge in [-0.2, -0.15) is 13.2 Å². The van der Waals surface area contributed by atoms with E-state index in [1.807, 2.05) is 20.8 Å². The Morgan fingerprint density at radius 2 is 1.73 bits per heavy atom. The lowest BCUT2D eigenvalue weighted by atomic mass is 9.90. The third kappa shape index (κ3) is 2.94. The third-order valence-corrected chi connectivity index (χ3v) is 1.91.